The van der Waals surface area contributed by atoms with E-state index < -0.39 is 0 Å². The molecule has 0 fully saturated rings. The lowest BCUT2D eigenvalue weighted by atomic mass is 10.2. The summed E-state index contributed by atoms with van der Waals surface area (Å²) in [5.41, 5.74) is 0.212. The molecule has 0 heterocycles. The van der Waals surface area contributed by atoms with Gasteiger partial charge in [-0.15, -0.1) is 0 Å². The van der Waals surface area contributed by atoms with Crippen molar-refractivity contribution < 1.29 is 20.4 Å². The highest BCUT2D eigenvalue weighted by molar-refractivity contribution is 8.77. The minimum Gasteiger partial charge on any atom is -0.369 e. The van der Waals surface area contributed by atoms with E-state index in [4.69, 9.17) is 14.2 Å². The second kappa shape index (κ2) is 16.6. The van der Waals surface area contributed by atoms with Gasteiger partial charge in [0.05, 0.1) is 19.8 Å². The molecule has 0 rings (SSSR count). The van der Waals surface area contributed by atoms with Crippen molar-refractivity contribution in [2.45, 2.75) is 59.3 Å². The molecule has 7 heteroatoms. The number of nitrogens with one attached hydrogen (secondary N) is 1. The summed E-state index contributed by atoms with van der Waals surface area (Å²) in [6.45, 7) is 16.6. The molecule has 0 radical (unpaired) electrons. The van der Waals surface area contributed by atoms with Gasteiger partial charge < -0.3 is 19.5 Å². The maximum absolute atomic E-state index is 11.6. The maximum atomic E-state index is 11.6. The summed E-state index contributed by atoms with van der Waals surface area (Å²) in [7, 11) is 3.43. The van der Waals surface area contributed by atoms with Gasteiger partial charge in [-0.25, -0.2) is 0 Å². The van der Waals surface area contributed by atoms with Crippen LogP contribution in [0.3, 0.4) is 0 Å². The number of hydrogen-bond acceptors (Lipinski definition) is 6. The summed E-state index contributed by atoms with van der Waals surface area (Å²) in [6, 6.07) is 0. The van der Waals surface area contributed by atoms with Crippen LogP contribution >= 0.6 is 21.6 Å². The van der Waals surface area contributed by atoms with Crippen LogP contribution in [0.2, 0.25) is 0 Å². The lowest BCUT2D eigenvalue weighted by Crippen LogP contribution is -2.28. The van der Waals surface area contributed by atoms with E-state index in [-0.39, 0.29) is 24.8 Å². The molecule has 1 amide bonds. The Bertz CT molecular complexity index is 453. The van der Waals surface area contributed by atoms with E-state index in [9.17, 15) is 4.79 Å². The van der Waals surface area contributed by atoms with Crippen molar-refractivity contribution in [1.29, 1.82) is 0 Å². The van der Waals surface area contributed by atoms with Gasteiger partial charge in [-0.1, -0.05) is 75.0 Å². The first-order valence-corrected chi connectivity index (χ1v) is 11.9. The highest BCUT2D eigenvalue weighted by atomic mass is 33.1. The van der Waals surface area contributed by atoms with E-state index in [0.29, 0.717) is 44.1 Å². The normalized spacial score (nSPS) is 13.6. The van der Waals surface area contributed by atoms with E-state index >= 15 is 0 Å². The Morgan fingerprint density at radius 1 is 1.00 bits per heavy atom. The number of carbonyl (C=O) groups is 1. The zero-order valence-corrected chi connectivity index (χ0v) is 19.5. The summed E-state index contributed by atoms with van der Waals surface area (Å²) in [6.07, 6.45) is 0. The van der Waals surface area contributed by atoms with Crippen LogP contribution in [-0.4, -0.2) is 49.8 Å². The second-order valence-electron chi connectivity index (χ2n) is 7.05. The third kappa shape index (κ3) is 15.2. The lowest BCUT2D eigenvalue weighted by Gasteiger charge is -2.25. The monoisotopic (exact) mass is 421 g/mol. The smallest absolute Gasteiger partial charge is 0.246 e. The number of ether oxygens (including phenoxy) is 3. The number of rotatable bonds is 14. The molecule has 0 aliphatic heterocycles. The van der Waals surface area contributed by atoms with E-state index in [0.717, 1.165) is 0 Å². The van der Waals surface area contributed by atoms with Gasteiger partial charge >= 0.3 is 0 Å². The van der Waals surface area contributed by atoms with Gasteiger partial charge in [0.1, 0.15) is 17.5 Å². The second-order valence-corrected chi connectivity index (χ2v) is 9.52. The van der Waals surface area contributed by atoms with Crippen LogP contribution < -0.4 is 5.32 Å². The Balaban J connectivity index is 0. The van der Waals surface area contributed by atoms with Crippen molar-refractivity contribution in [3.05, 3.63) is 0 Å². The number of amides is 1. The minimum absolute atomic E-state index is 0. The Morgan fingerprint density at radius 2 is 1.59 bits per heavy atom. The molecule has 0 aromatic heterocycles. The van der Waals surface area contributed by atoms with Crippen LogP contribution in [-0.2, 0) is 19.0 Å². The predicted molar refractivity (Wildman–Crippen MR) is 119 cm³/mol. The molecular weight excluding hydrogens is 382 g/mol. The Kier molecular flexibility index (Phi) is 16.3. The van der Waals surface area contributed by atoms with Gasteiger partial charge in [0.15, 0.2) is 0 Å². The fourth-order valence-electron chi connectivity index (χ4n) is 1.77. The molecule has 0 aliphatic carbocycles. The van der Waals surface area contributed by atoms with Crippen LogP contribution in [0.25, 0.3) is 0 Å². The molecule has 27 heavy (non-hydrogen) atoms. The van der Waals surface area contributed by atoms with Gasteiger partial charge in [-0.3, -0.25) is 4.79 Å². The lowest BCUT2D eigenvalue weighted by molar-refractivity contribution is -0.126. The Labute approximate surface area is 175 Å². The van der Waals surface area contributed by atoms with E-state index in [1.807, 2.05) is 20.8 Å². The average molecular weight is 422 g/mol. The third-order valence-electron chi connectivity index (χ3n) is 3.17. The SMILES string of the molecule is CCOC(SSC(OCCOCC(=O)NCC#CC(C)C)C(C)C)C(C)C.[HH]. The average Bonchev–Trinajstić information content (AvgIpc) is 2.59. The quantitative estimate of drug-likeness (QED) is 0.194. The summed E-state index contributed by atoms with van der Waals surface area (Å²) < 4.78 is 17.1. The van der Waals surface area contributed by atoms with Crippen molar-refractivity contribution >= 4 is 27.5 Å². The fourth-order valence-corrected chi connectivity index (χ4v) is 5.10. The summed E-state index contributed by atoms with van der Waals surface area (Å²) in [5.74, 6) is 6.88. The molecule has 0 aliphatic rings. The topological polar surface area (TPSA) is 56.8 Å². The third-order valence-corrected chi connectivity index (χ3v) is 6.50. The number of hydrogen-bond donors (Lipinski definition) is 1. The summed E-state index contributed by atoms with van der Waals surface area (Å²) in [5, 5.41) is 2.71. The Hall–Kier alpha value is -0.390. The molecule has 1 N–H and O–H groups in total. The molecule has 0 bridgehead atoms. The largest absolute Gasteiger partial charge is 0.369 e. The predicted octanol–water partition coefficient (Wildman–Crippen LogP) is 4.42. The highest BCUT2D eigenvalue weighted by Crippen LogP contribution is 2.38. The van der Waals surface area contributed by atoms with Crippen molar-refractivity contribution in [3.63, 3.8) is 0 Å². The van der Waals surface area contributed by atoms with E-state index in [1.54, 1.807) is 21.6 Å². The van der Waals surface area contributed by atoms with Crippen LogP contribution in [0.15, 0.2) is 0 Å². The summed E-state index contributed by atoms with van der Waals surface area (Å²) in [4.78, 5) is 11.6. The van der Waals surface area contributed by atoms with Crippen LogP contribution in [0, 0.1) is 29.6 Å². The van der Waals surface area contributed by atoms with Gasteiger partial charge in [0.25, 0.3) is 0 Å². The van der Waals surface area contributed by atoms with Crippen LogP contribution in [0.4, 0.5) is 0 Å². The molecule has 0 saturated carbocycles. The first kappa shape index (κ1) is 26.6. The molecule has 0 spiro atoms. The van der Waals surface area contributed by atoms with Crippen LogP contribution in [0.1, 0.15) is 49.9 Å². The van der Waals surface area contributed by atoms with Gasteiger partial charge in [-0.2, -0.15) is 0 Å². The molecule has 0 saturated heterocycles. The van der Waals surface area contributed by atoms with Gasteiger partial charge in [-0.05, 0) is 18.8 Å². The first-order chi connectivity index (χ1) is 12.8. The molecule has 0 aromatic rings. The maximum Gasteiger partial charge on any atom is 0.246 e. The molecular formula is C20H39NO4S2. The highest BCUT2D eigenvalue weighted by Gasteiger charge is 2.20. The van der Waals surface area contributed by atoms with E-state index in [1.165, 1.54) is 0 Å². The van der Waals surface area contributed by atoms with Gasteiger partial charge in [0, 0.05) is 14.0 Å². The zero-order valence-electron chi connectivity index (χ0n) is 17.9. The van der Waals surface area contributed by atoms with Crippen molar-refractivity contribution in [1.82, 2.24) is 5.32 Å². The molecule has 0 aromatic carbocycles. The number of carbonyl (C=O) groups excluding carboxylic acids is 1. The summed E-state index contributed by atoms with van der Waals surface area (Å²) >= 11 is 0. The van der Waals surface area contributed by atoms with E-state index in [2.05, 4.69) is 44.9 Å². The molecule has 5 nitrogen and oxygen atoms in total. The molecule has 2 atom stereocenters. The standard InChI is InChI=1S/C20H37NO4S2.H2/c1-8-24-19(16(4)5)26-27-20(17(6)7)25-13-12-23-14-18(22)21-11-9-10-15(2)3;/h15-17,19-20H,8,11-14H2,1-7H3,(H,21,22);1H. The first-order valence-electron chi connectivity index (χ1n) is 9.66. The molecule has 160 valence electrons. The van der Waals surface area contributed by atoms with Crippen molar-refractivity contribution in [2.24, 2.45) is 17.8 Å². The Morgan fingerprint density at radius 3 is 2.11 bits per heavy atom. The van der Waals surface area contributed by atoms with Crippen molar-refractivity contribution in [2.75, 3.05) is 33.0 Å². The zero-order chi connectivity index (χ0) is 20.7. The van der Waals surface area contributed by atoms with Crippen LogP contribution in [0.5, 0.6) is 0 Å². The van der Waals surface area contributed by atoms with Crippen molar-refractivity contribution in [3.8, 4) is 11.8 Å². The fraction of sp³-hybridized carbons (Fsp3) is 0.850. The minimum atomic E-state index is -0.158. The molecule has 2 unspecified atom stereocenters. The van der Waals surface area contributed by atoms with Gasteiger partial charge in [0.2, 0.25) is 5.91 Å².